The van der Waals surface area contributed by atoms with Crippen LogP contribution in [0.4, 0.5) is 5.69 Å². The Morgan fingerprint density at radius 1 is 1.52 bits per heavy atom. The lowest BCUT2D eigenvalue weighted by Crippen LogP contribution is -2.39. The molecule has 0 aliphatic heterocycles. The van der Waals surface area contributed by atoms with Crippen LogP contribution >= 0.6 is 27.5 Å². The number of alkyl halides is 1. The molecule has 1 unspecified atom stereocenters. The highest BCUT2D eigenvalue weighted by atomic mass is 79.9. The fourth-order valence-electron chi connectivity index (χ4n) is 1.67. The molecule has 0 aromatic heterocycles. The van der Waals surface area contributed by atoms with Crippen LogP contribution in [0.5, 0.6) is 0 Å². The number of nitro benzene ring substituents is 1. The molecule has 0 fully saturated rings. The van der Waals surface area contributed by atoms with Crippen LogP contribution in [0.25, 0.3) is 0 Å². The van der Waals surface area contributed by atoms with Crippen LogP contribution in [0.15, 0.2) is 18.2 Å². The summed E-state index contributed by atoms with van der Waals surface area (Å²) in [5, 5.41) is 20.2. The van der Waals surface area contributed by atoms with Crippen molar-refractivity contribution < 1.29 is 14.5 Å². The first-order chi connectivity index (χ1) is 9.77. The summed E-state index contributed by atoms with van der Waals surface area (Å²) < 4.78 is -2.12. The van der Waals surface area contributed by atoms with Gasteiger partial charge in [0.25, 0.3) is 5.69 Å². The molecular formula is C13H10BrClN2O4. The topological polar surface area (TPSA) is 101 Å². The zero-order valence-corrected chi connectivity index (χ0v) is 13.3. The van der Waals surface area contributed by atoms with E-state index in [1.54, 1.807) is 13.0 Å². The second-order valence-corrected chi connectivity index (χ2v) is 5.82. The standard InChI is InChI=1S/C13H10BrClN2O4/c1-2-3-11(18)13(14,7-16)12(19)9-5-4-8(15)6-10(9)17(20)21/h4-6H,2-3H2,1H3. The highest BCUT2D eigenvalue weighted by Gasteiger charge is 2.45. The highest BCUT2D eigenvalue weighted by Crippen LogP contribution is 2.31. The van der Waals surface area contributed by atoms with Crippen LogP contribution in [0.1, 0.15) is 30.1 Å². The maximum Gasteiger partial charge on any atom is 0.281 e. The molecule has 1 aromatic carbocycles. The molecule has 6 nitrogen and oxygen atoms in total. The number of carbonyl (C=O) groups is 2. The quantitative estimate of drug-likeness (QED) is 0.250. The first-order valence-corrected chi connectivity index (χ1v) is 7.07. The Balaban J connectivity index is 3.40. The highest BCUT2D eigenvalue weighted by molar-refractivity contribution is 9.10. The molecule has 0 radical (unpaired) electrons. The van der Waals surface area contributed by atoms with Gasteiger partial charge in [0.1, 0.15) is 0 Å². The lowest BCUT2D eigenvalue weighted by atomic mass is 9.91. The number of nitriles is 1. The number of halogens is 2. The van der Waals surface area contributed by atoms with Gasteiger partial charge < -0.3 is 0 Å². The summed E-state index contributed by atoms with van der Waals surface area (Å²) in [7, 11) is 0. The molecule has 1 rings (SSSR count). The minimum Gasteiger partial charge on any atom is -0.296 e. The van der Waals surface area contributed by atoms with Gasteiger partial charge in [-0.05, 0) is 18.6 Å². The second-order valence-electron chi connectivity index (χ2n) is 4.19. The molecule has 1 aromatic rings. The number of nitrogens with zero attached hydrogens (tertiary/aromatic N) is 2. The molecule has 0 aliphatic rings. The van der Waals surface area contributed by atoms with Gasteiger partial charge in [0.05, 0.1) is 16.6 Å². The summed E-state index contributed by atoms with van der Waals surface area (Å²) in [6.07, 6.45) is 0.454. The fourth-order valence-corrected chi connectivity index (χ4v) is 2.25. The van der Waals surface area contributed by atoms with Crippen molar-refractivity contribution in [2.45, 2.75) is 24.1 Å². The van der Waals surface area contributed by atoms with Gasteiger partial charge in [-0.2, -0.15) is 5.26 Å². The SMILES string of the molecule is CCCC(=O)C(Br)(C#N)C(=O)c1ccc(Cl)cc1[N+](=O)[O-]. The van der Waals surface area contributed by atoms with Gasteiger partial charge in [-0.25, -0.2) is 0 Å². The molecule has 110 valence electrons. The maximum atomic E-state index is 12.4. The van der Waals surface area contributed by atoms with Crippen LogP contribution in [0.2, 0.25) is 5.02 Å². The van der Waals surface area contributed by atoms with E-state index in [1.165, 1.54) is 6.07 Å². The number of rotatable bonds is 6. The van der Waals surface area contributed by atoms with E-state index in [-0.39, 0.29) is 17.0 Å². The monoisotopic (exact) mass is 372 g/mol. The Bertz CT molecular complexity index is 656. The summed E-state index contributed by atoms with van der Waals surface area (Å²) in [5.74, 6) is -1.60. The first-order valence-electron chi connectivity index (χ1n) is 5.90. The summed E-state index contributed by atoms with van der Waals surface area (Å²) in [6.45, 7) is 1.72. The number of hydrogen-bond acceptors (Lipinski definition) is 5. The van der Waals surface area contributed by atoms with Crippen molar-refractivity contribution in [1.82, 2.24) is 0 Å². The van der Waals surface area contributed by atoms with Crippen molar-refractivity contribution in [2.24, 2.45) is 0 Å². The number of carbonyl (C=O) groups excluding carboxylic acids is 2. The summed E-state index contributed by atoms with van der Waals surface area (Å²) >= 11 is 8.51. The Labute approximate surface area is 134 Å². The molecule has 0 aliphatic carbocycles. The minimum absolute atomic E-state index is 0.00589. The van der Waals surface area contributed by atoms with E-state index in [2.05, 4.69) is 15.9 Å². The molecule has 0 saturated heterocycles. The Hall–Kier alpha value is -1.78. The van der Waals surface area contributed by atoms with Crippen molar-refractivity contribution in [3.05, 3.63) is 38.9 Å². The molecule has 0 saturated carbocycles. The molecule has 0 amide bonds. The summed E-state index contributed by atoms with van der Waals surface area (Å²) in [6, 6.07) is 5.03. The van der Waals surface area contributed by atoms with Crippen molar-refractivity contribution in [1.29, 1.82) is 5.26 Å². The minimum atomic E-state index is -2.12. The molecule has 21 heavy (non-hydrogen) atoms. The van der Waals surface area contributed by atoms with E-state index in [0.717, 1.165) is 12.1 Å². The molecule has 0 N–H and O–H groups in total. The lowest BCUT2D eigenvalue weighted by Gasteiger charge is -2.16. The molecule has 0 spiro atoms. The zero-order chi connectivity index (χ0) is 16.2. The van der Waals surface area contributed by atoms with E-state index in [9.17, 15) is 19.7 Å². The van der Waals surface area contributed by atoms with Gasteiger partial charge in [-0.1, -0.05) is 34.5 Å². The predicted molar refractivity (Wildman–Crippen MR) is 79.6 cm³/mol. The van der Waals surface area contributed by atoms with Gasteiger partial charge in [0, 0.05) is 17.5 Å². The molecule has 1 atom stereocenters. The molecular weight excluding hydrogens is 364 g/mol. The van der Waals surface area contributed by atoms with Crippen molar-refractivity contribution in [3.63, 3.8) is 0 Å². The average molecular weight is 374 g/mol. The summed E-state index contributed by atoms with van der Waals surface area (Å²) in [5.41, 5.74) is -0.886. The van der Waals surface area contributed by atoms with Gasteiger partial charge in [-0.15, -0.1) is 0 Å². The largest absolute Gasteiger partial charge is 0.296 e. The van der Waals surface area contributed by atoms with Crippen molar-refractivity contribution >= 4 is 44.8 Å². The van der Waals surface area contributed by atoms with Gasteiger partial charge in [0.15, 0.2) is 5.78 Å². The van der Waals surface area contributed by atoms with E-state index >= 15 is 0 Å². The van der Waals surface area contributed by atoms with Crippen molar-refractivity contribution in [3.8, 4) is 6.07 Å². The van der Waals surface area contributed by atoms with Crippen LogP contribution in [-0.4, -0.2) is 20.8 Å². The van der Waals surface area contributed by atoms with E-state index in [4.69, 9.17) is 16.9 Å². The van der Waals surface area contributed by atoms with E-state index in [1.807, 2.05) is 0 Å². The van der Waals surface area contributed by atoms with Crippen LogP contribution in [-0.2, 0) is 4.79 Å². The number of ketones is 2. The zero-order valence-electron chi connectivity index (χ0n) is 10.9. The van der Waals surface area contributed by atoms with Crippen molar-refractivity contribution in [2.75, 3.05) is 0 Å². The molecule has 8 heteroatoms. The molecule has 0 heterocycles. The number of hydrogen-bond donors (Lipinski definition) is 0. The summed E-state index contributed by atoms with van der Waals surface area (Å²) in [4.78, 5) is 34.6. The normalized spacial score (nSPS) is 13.0. The number of benzene rings is 1. The number of Topliss-reactive ketones (excluding diaryl/α,β-unsaturated/α-hetero) is 2. The predicted octanol–water partition coefficient (Wildman–Crippen LogP) is 3.46. The van der Waals surface area contributed by atoms with Gasteiger partial charge >= 0.3 is 0 Å². The lowest BCUT2D eigenvalue weighted by molar-refractivity contribution is -0.385. The van der Waals surface area contributed by atoms with Crippen LogP contribution in [0.3, 0.4) is 0 Å². The fraction of sp³-hybridized carbons (Fsp3) is 0.308. The van der Waals surface area contributed by atoms with Crippen LogP contribution in [0, 0.1) is 21.4 Å². The second kappa shape index (κ2) is 6.78. The third-order valence-corrected chi connectivity index (χ3v) is 3.94. The van der Waals surface area contributed by atoms with Crippen LogP contribution < -0.4 is 0 Å². The van der Waals surface area contributed by atoms with Gasteiger partial charge in [0.2, 0.25) is 10.1 Å². The smallest absolute Gasteiger partial charge is 0.281 e. The molecule has 0 bridgehead atoms. The van der Waals surface area contributed by atoms with E-state index in [0.29, 0.717) is 6.42 Å². The first kappa shape index (κ1) is 17.3. The Morgan fingerprint density at radius 3 is 2.62 bits per heavy atom. The number of nitro groups is 1. The maximum absolute atomic E-state index is 12.4. The Kier molecular flexibility index (Phi) is 5.58. The Morgan fingerprint density at radius 2 is 2.14 bits per heavy atom. The average Bonchev–Trinajstić information content (AvgIpc) is 2.45. The third kappa shape index (κ3) is 3.46. The van der Waals surface area contributed by atoms with Gasteiger partial charge in [-0.3, -0.25) is 19.7 Å². The van der Waals surface area contributed by atoms with E-state index < -0.39 is 26.5 Å². The third-order valence-electron chi connectivity index (χ3n) is 2.73.